The monoisotopic (exact) mass is 264 g/mol. The Morgan fingerprint density at radius 3 is 2.89 bits per heavy atom. The summed E-state index contributed by atoms with van der Waals surface area (Å²) in [6.45, 7) is 4.51. The molecule has 5 heteroatoms. The second kappa shape index (κ2) is 5.46. The number of hydrogen-bond acceptors (Lipinski definition) is 5. The zero-order chi connectivity index (χ0) is 13.1. The van der Waals surface area contributed by atoms with E-state index in [4.69, 9.17) is 18.9 Å². The van der Waals surface area contributed by atoms with E-state index < -0.39 is 5.79 Å². The predicted molar refractivity (Wildman–Crippen MR) is 67.7 cm³/mol. The van der Waals surface area contributed by atoms with Crippen molar-refractivity contribution in [2.75, 3.05) is 26.4 Å². The lowest BCUT2D eigenvalue weighted by atomic mass is 10.1. The molecule has 1 aromatic carbocycles. The molecule has 0 aliphatic carbocycles. The van der Waals surface area contributed by atoms with Crippen LogP contribution in [-0.2, 0) is 14.2 Å². The van der Waals surface area contributed by atoms with Crippen LogP contribution in [0, 0.1) is 6.07 Å². The molecule has 2 saturated heterocycles. The summed E-state index contributed by atoms with van der Waals surface area (Å²) in [6, 6.07) is 10.4. The number of hydrogen-bond donors (Lipinski definition) is 1. The van der Waals surface area contributed by atoms with Crippen molar-refractivity contribution in [1.82, 2.24) is 5.32 Å². The second-order valence-corrected chi connectivity index (χ2v) is 4.74. The van der Waals surface area contributed by atoms with Crippen molar-refractivity contribution < 1.29 is 18.9 Å². The number of rotatable bonds is 4. The molecule has 3 rings (SSSR count). The van der Waals surface area contributed by atoms with Gasteiger partial charge in [0.25, 0.3) is 0 Å². The normalized spacial score (nSPS) is 27.3. The van der Waals surface area contributed by atoms with Gasteiger partial charge in [0.05, 0.1) is 19.8 Å². The SMILES string of the molecule is CC1(C(Oc2c[c]ccc2)C2NCCO2)OCCO1. The zero-order valence-electron chi connectivity index (χ0n) is 10.9. The lowest BCUT2D eigenvalue weighted by Crippen LogP contribution is -2.55. The summed E-state index contributed by atoms with van der Waals surface area (Å²) in [5.41, 5.74) is 0. The second-order valence-electron chi connectivity index (χ2n) is 4.74. The van der Waals surface area contributed by atoms with Gasteiger partial charge in [-0.05, 0) is 25.1 Å². The van der Waals surface area contributed by atoms with Crippen molar-refractivity contribution in [3.63, 3.8) is 0 Å². The fraction of sp³-hybridized carbons (Fsp3) is 0.571. The van der Waals surface area contributed by atoms with Gasteiger partial charge in [-0.1, -0.05) is 12.1 Å². The Hall–Kier alpha value is -1.14. The molecule has 0 amide bonds. The molecule has 1 N–H and O–H groups in total. The largest absolute Gasteiger partial charge is 0.481 e. The molecular formula is C14H18NO4. The Morgan fingerprint density at radius 1 is 1.42 bits per heavy atom. The minimum atomic E-state index is -0.794. The van der Waals surface area contributed by atoms with E-state index in [2.05, 4.69) is 11.4 Å². The Labute approximate surface area is 112 Å². The van der Waals surface area contributed by atoms with Crippen LogP contribution in [0.1, 0.15) is 6.92 Å². The van der Waals surface area contributed by atoms with Gasteiger partial charge in [0, 0.05) is 6.54 Å². The van der Waals surface area contributed by atoms with Gasteiger partial charge in [0.2, 0.25) is 5.79 Å². The first kappa shape index (κ1) is 12.9. The summed E-state index contributed by atoms with van der Waals surface area (Å²) in [5, 5.41) is 3.26. The van der Waals surface area contributed by atoms with Crippen LogP contribution >= 0.6 is 0 Å². The van der Waals surface area contributed by atoms with Crippen molar-refractivity contribution >= 4 is 0 Å². The Kier molecular flexibility index (Phi) is 3.70. The third kappa shape index (κ3) is 2.74. The summed E-state index contributed by atoms with van der Waals surface area (Å²) in [7, 11) is 0. The average Bonchev–Trinajstić information content (AvgIpc) is 3.09. The first-order valence-corrected chi connectivity index (χ1v) is 6.54. The highest BCUT2D eigenvalue weighted by Gasteiger charge is 2.47. The molecule has 2 fully saturated rings. The first-order valence-electron chi connectivity index (χ1n) is 6.54. The topological polar surface area (TPSA) is 49.0 Å². The summed E-state index contributed by atoms with van der Waals surface area (Å²) >= 11 is 0. The van der Waals surface area contributed by atoms with Gasteiger partial charge in [-0.15, -0.1) is 0 Å². The van der Waals surface area contributed by atoms with E-state index in [-0.39, 0.29) is 12.3 Å². The van der Waals surface area contributed by atoms with Crippen LogP contribution < -0.4 is 10.1 Å². The molecule has 2 atom stereocenters. The van der Waals surface area contributed by atoms with Crippen LogP contribution in [0.25, 0.3) is 0 Å². The highest BCUT2D eigenvalue weighted by molar-refractivity contribution is 5.21. The molecule has 0 saturated carbocycles. The summed E-state index contributed by atoms with van der Waals surface area (Å²) in [5.74, 6) is -0.0668. The molecule has 5 nitrogen and oxygen atoms in total. The maximum atomic E-state index is 6.02. The van der Waals surface area contributed by atoms with E-state index in [0.717, 1.165) is 12.3 Å². The van der Waals surface area contributed by atoms with Crippen LogP contribution in [-0.4, -0.2) is 44.5 Å². The first-order chi connectivity index (χ1) is 9.28. The van der Waals surface area contributed by atoms with E-state index in [1.54, 1.807) is 6.07 Å². The van der Waals surface area contributed by atoms with E-state index in [1.165, 1.54) is 0 Å². The standard InChI is InChI=1S/C14H18NO4/c1-14(17-9-10-18-14)12(13-15-7-8-16-13)19-11-5-3-2-4-6-11/h2-3,5-6,12-13,15H,7-10H2,1H3. The highest BCUT2D eigenvalue weighted by Crippen LogP contribution is 2.29. The minimum absolute atomic E-state index is 0.233. The molecule has 1 aromatic rings. The molecule has 2 aliphatic heterocycles. The summed E-state index contributed by atoms with van der Waals surface area (Å²) in [6.07, 6.45) is -0.600. The fourth-order valence-electron chi connectivity index (χ4n) is 2.38. The molecular weight excluding hydrogens is 246 g/mol. The Morgan fingerprint density at radius 2 is 2.26 bits per heavy atom. The van der Waals surface area contributed by atoms with Crippen LogP contribution in [0.3, 0.4) is 0 Å². The van der Waals surface area contributed by atoms with E-state index in [1.807, 2.05) is 25.1 Å². The molecule has 2 heterocycles. The molecule has 1 radical (unpaired) electrons. The smallest absolute Gasteiger partial charge is 0.207 e. The van der Waals surface area contributed by atoms with Gasteiger partial charge in [-0.2, -0.15) is 0 Å². The number of nitrogens with one attached hydrogen (secondary N) is 1. The predicted octanol–water partition coefficient (Wildman–Crippen LogP) is 0.943. The van der Waals surface area contributed by atoms with Crippen molar-refractivity contribution in [3.05, 3.63) is 30.3 Å². The molecule has 2 unspecified atom stereocenters. The summed E-state index contributed by atoms with van der Waals surface area (Å²) < 4.78 is 23.1. The van der Waals surface area contributed by atoms with E-state index in [0.29, 0.717) is 19.8 Å². The minimum Gasteiger partial charge on any atom is -0.481 e. The van der Waals surface area contributed by atoms with Crippen molar-refractivity contribution in [3.8, 4) is 5.75 Å². The average molecular weight is 264 g/mol. The number of benzene rings is 1. The molecule has 0 bridgehead atoms. The molecule has 103 valence electrons. The molecule has 2 aliphatic rings. The fourth-order valence-corrected chi connectivity index (χ4v) is 2.38. The van der Waals surface area contributed by atoms with Gasteiger partial charge in [0.1, 0.15) is 5.75 Å². The summed E-state index contributed by atoms with van der Waals surface area (Å²) in [4.78, 5) is 0. The van der Waals surface area contributed by atoms with Crippen LogP contribution in [0.15, 0.2) is 24.3 Å². The molecule has 0 spiro atoms. The third-order valence-corrected chi connectivity index (χ3v) is 3.34. The Bertz CT molecular complexity index is 399. The van der Waals surface area contributed by atoms with Crippen LogP contribution in [0.4, 0.5) is 0 Å². The van der Waals surface area contributed by atoms with Gasteiger partial charge in [-0.25, -0.2) is 0 Å². The van der Waals surface area contributed by atoms with E-state index >= 15 is 0 Å². The zero-order valence-corrected chi connectivity index (χ0v) is 10.9. The molecule has 19 heavy (non-hydrogen) atoms. The van der Waals surface area contributed by atoms with Crippen LogP contribution in [0.2, 0.25) is 0 Å². The van der Waals surface area contributed by atoms with E-state index in [9.17, 15) is 0 Å². The van der Waals surface area contributed by atoms with Gasteiger partial charge in [0.15, 0.2) is 12.3 Å². The lowest BCUT2D eigenvalue weighted by Gasteiger charge is -2.35. The maximum absolute atomic E-state index is 6.02. The third-order valence-electron chi connectivity index (χ3n) is 3.34. The lowest BCUT2D eigenvalue weighted by molar-refractivity contribution is -0.225. The van der Waals surface area contributed by atoms with Crippen molar-refractivity contribution in [2.24, 2.45) is 0 Å². The highest BCUT2D eigenvalue weighted by atomic mass is 16.8. The maximum Gasteiger partial charge on any atom is 0.207 e. The van der Waals surface area contributed by atoms with Crippen LogP contribution in [0.5, 0.6) is 5.75 Å². The Balaban J connectivity index is 1.79. The number of ether oxygens (including phenoxy) is 4. The van der Waals surface area contributed by atoms with Crippen molar-refractivity contribution in [2.45, 2.75) is 25.0 Å². The van der Waals surface area contributed by atoms with Crippen molar-refractivity contribution in [1.29, 1.82) is 0 Å². The van der Waals surface area contributed by atoms with Gasteiger partial charge in [-0.3, -0.25) is 5.32 Å². The van der Waals surface area contributed by atoms with Gasteiger partial charge < -0.3 is 18.9 Å². The quantitative estimate of drug-likeness (QED) is 0.877. The molecule has 0 aromatic heterocycles. The van der Waals surface area contributed by atoms with Gasteiger partial charge >= 0.3 is 0 Å².